The average Bonchev–Trinajstić information content (AvgIpc) is 3.27. The smallest absolute Gasteiger partial charge is 0.419 e. The molecule has 0 spiro atoms. The first-order valence-electron chi connectivity index (χ1n) is 9.72. The van der Waals surface area contributed by atoms with Crippen molar-refractivity contribution < 1.29 is 17.6 Å². The van der Waals surface area contributed by atoms with Gasteiger partial charge in [0.2, 0.25) is 5.89 Å². The quantitative estimate of drug-likeness (QED) is 0.464. The molecule has 0 atom stereocenters. The van der Waals surface area contributed by atoms with Gasteiger partial charge in [-0.2, -0.15) is 18.3 Å². The van der Waals surface area contributed by atoms with Gasteiger partial charge in [-0.25, -0.2) is 4.98 Å². The summed E-state index contributed by atoms with van der Waals surface area (Å²) in [6, 6.07) is 10.9. The fourth-order valence-electron chi connectivity index (χ4n) is 3.48. The van der Waals surface area contributed by atoms with E-state index in [0.717, 1.165) is 35.4 Å². The SMILES string of the molecule is Cc1ccc2nc(-c3nnc(CCn4nc(C(F)(F)F)cc4C4CC4)o3)ccc2c1. The Morgan fingerprint density at radius 2 is 1.93 bits per heavy atom. The largest absolute Gasteiger partial charge is 0.435 e. The summed E-state index contributed by atoms with van der Waals surface area (Å²) in [7, 11) is 0. The van der Waals surface area contributed by atoms with Crippen LogP contribution < -0.4 is 0 Å². The van der Waals surface area contributed by atoms with Crippen molar-refractivity contribution in [2.24, 2.45) is 0 Å². The van der Waals surface area contributed by atoms with Gasteiger partial charge in [-0.15, -0.1) is 10.2 Å². The van der Waals surface area contributed by atoms with Crippen molar-refractivity contribution in [3.63, 3.8) is 0 Å². The van der Waals surface area contributed by atoms with E-state index in [9.17, 15) is 13.2 Å². The van der Waals surface area contributed by atoms with Crippen LogP contribution in [0.25, 0.3) is 22.5 Å². The lowest BCUT2D eigenvalue weighted by Gasteiger charge is -2.04. The zero-order chi connectivity index (χ0) is 20.9. The third-order valence-corrected chi connectivity index (χ3v) is 5.17. The maximum Gasteiger partial charge on any atom is 0.435 e. The number of benzene rings is 1. The minimum absolute atomic E-state index is 0.150. The molecule has 3 heterocycles. The monoisotopic (exact) mass is 413 g/mol. The van der Waals surface area contributed by atoms with Gasteiger partial charge < -0.3 is 4.42 Å². The second-order valence-electron chi connectivity index (χ2n) is 7.59. The summed E-state index contributed by atoms with van der Waals surface area (Å²) in [5, 5.41) is 12.8. The zero-order valence-electron chi connectivity index (χ0n) is 16.1. The second-order valence-corrected chi connectivity index (χ2v) is 7.59. The number of aryl methyl sites for hydroxylation is 3. The molecule has 0 amide bonds. The van der Waals surface area contributed by atoms with Crippen LogP contribution in [0.1, 0.15) is 41.6 Å². The lowest BCUT2D eigenvalue weighted by Crippen LogP contribution is -2.10. The van der Waals surface area contributed by atoms with Crippen molar-refractivity contribution in [1.82, 2.24) is 25.0 Å². The Morgan fingerprint density at radius 1 is 1.10 bits per heavy atom. The molecule has 4 aromatic rings. The fraction of sp³-hybridized carbons (Fsp3) is 0.333. The molecule has 1 fully saturated rings. The molecule has 30 heavy (non-hydrogen) atoms. The van der Waals surface area contributed by atoms with E-state index < -0.39 is 11.9 Å². The molecule has 154 valence electrons. The number of rotatable bonds is 5. The van der Waals surface area contributed by atoms with Crippen molar-refractivity contribution in [2.75, 3.05) is 0 Å². The molecular formula is C21H18F3N5O. The molecular weight excluding hydrogens is 395 g/mol. The maximum absolute atomic E-state index is 13.0. The number of aromatic nitrogens is 5. The Hall–Kier alpha value is -3.23. The van der Waals surface area contributed by atoms with E-state index in [2.05, 4.69) is 20.3 Å². The van der Waals surface area contributed by atoms with E-state index in [1.54, 1.807) is 0 Å². The molecule has 6 nitrogen and oxygen atoms in total. The Kier molecular flexibility index (Phi) is 4.34. The maximum atomic E-state index is 13.0. The van der Waals surface area contributed by atoms with Gasteiger partial charge in [0.25, 0.3) is 5.89 Å². The van der Waals surface area contributed by atoms with Gasteiger partial charge in [-0.3, -0.25) is 4.68 Å². The van der Waals surface area contributed by atoms with Crippen LogP contribution in [0.2, 0.25) is 0 Å². The highest BCUT2D eigenvalue weighted by molar-refractivity contribution is 5.81. The zero-order valence-corrected chi connectivity index (χ0v) is 16.1. The molecule has 1 saturated carbocycles. The first kappa shape index (κ1) is 18.8. The van der Waals surface area contributed by atoms with Gasteiger partial charge >= 0.3 is 6.18 Å². The Bertz CT molecular complexity index is 1220. The van der Waals surface area contributed by atoms with E-state index in [4.69, 9.17) is 4.42 Å². The molecule has 3 aromatic heterocycles. The molecule has 1 aliphatic rings. The average molecular weight is 413 g/mol. The Balaban J connectivity index is 1.34. The number of hydrogen-bond donors (Lipinski definition) is 0. The van der Waals surface area contributed by atoms with Crippen LogP contribution in [0.3, 0.4) is 0 Å². The van der Waals surface area contributed by atoms with Crippen LogP contribution >= 0.6 is 0 Å². The number of halogens is 3. The standard InChI is InChI=1S/C21H18F3N5O/c1-12-2-6-15-14(10-12)5-7-16(25-15)20-27-26-19(30-20)8-9-29-17(13-3-4-13)11-18(28-29)21(22,23)24/h2,5-7,10-11,13H,3-4,8-9H2,1H3. The third-order valence-electron chi connectivity index (χ3n) is 5.17. The fourth-order valence-corrected chi connectivity index (χ4v) is 3.48. The minimum atomic E-state index is -4.45. The molecule has 9 heteroatoms. The Labute approximate surface area is 169 Å². The molecule has 1 aromatic carbocycles. The van der Waals surface area contributed by atoms with E-state index in [0.29, 0.717) is 23.7 Å². The van der Waals surface area contributed by atoms with Crippen LogP contribution in [0.15, 0.2) is 40.8 Å². The van der Waals surface area contributed by atoms with Crippen LogP contribution in [-0.4, -0.2) is 25.0 Å². The summed E-state index contributed by atoms with van der Waals surface area (Å²) in [6.45, 7) is 2.26. The molecule has 1 aliphatic carbocycles. The third kappa shape index (κ3) is 3.67. The summed E-state index contributed by atoms with van der Waals surface area (Å²) in [6.07, 6.45) is -2.38. The normalized spacial score (nSPS) is 14.5. The number of fused-ring (bicyclic) bond motifs is 1. The van der Waals surface area contributed by atoms with Crippen molar-refractivity contribution >= 4 is 10.9 Å². The molecule has 0 radical (unpaired) electrons. The number of hydrogen-bond acceptors (Lipinski definition) is 5. The van der Waals surface area contributed by atoms with Crippen LogP contribution in [0, 0.1) is 6.92 Å². The number of alkyl halides is 3. The van der Waals surface area contributed by atoms with Gasteiger partial charge in [0, 0.05) is 30.0 Å². The van der Waals surface area contributed by atoms with Gasteiger partial charge in [0.15, 0.2) is 5.69 Å². The summed E-state index contributed by atoms with van der Waals surface area (Å²) in [5.74, 6) is 0.769. The van der Waals surface area contributed by atoms with Crippen molar-refractivity contribution in [1.29, 1.82) is 0 Å². The lowest BCUT2D eigenvalue weighted by molar-refractivity contribution is -0.141. The highest BCUT2D eigenvalue weighted by Gasteiger charge is 2.37. The Morgan fingerprint density at radius 3 is 2.70 bits per heavy atom. The first-order chi connectivity index (χ1) is 14.4. The van der Waals surface area contributed by atoms with Gasteiger partial charge in [0.05, 0.1) is 5.52 Å². The summed E-state index contributed by atoms with van der Waals surface area (Å²) >= 11 is 0. The predicted octanol–water partition coefficient (Wildman–Crippen LogP) is 4.93. The topological polar surface area (TPSA) is 69.6 Å². The highest BCUT2D eigenvalue weighted by Crippen LogP contribution is 2.42. The van der Waals surface area contributed by atoms with Gasteiger partial charge in [-0.05, 0) is 44.0 Å². The summed E-state index contributed by atoms with van der Waals surface area (Å²) in [5.41, 5.74) is 2.29. The highest BCUT2D eigenvalue weighted by atomic mass is 19.4. The van der Waals surface area contributed by atoms with E-state index in [-0.39, 0.29) is 18.4 Å². The van der Waals surface area contributed by atoms with Crippen molar-refractivity contribution in [3.8, 4) is 11.6 Å². The minimum Gasteiger partial charge on any atom is -0.419 e. The van der Waals surface area contributed by atoms with Crippen LogP contribution in [-0.2, 0) is 19.1 Å². The number of pyridine rings is 1. The van der Waals surface area contributed by atoms with Crippen LogP contribution in [0.5, 0.6) is 0 Å². The molecule has 0 aliphatic heterocycles. The first-order valence-corrected chi connectivity index (χ1v) is 9.72. The predicted molar refractivity (Wildman–Crippen MR) is 103 cm³/mol. The van der Waals surface area contributed by atoms with Gasteiger partial charge in [-0.1, -0.05) is 17.7 Å². The molecule has 0 bridgehead atoms. The van der Waals surface area contributed by atoms with Crippen molar-refractivity contribution in [2.45, 2.75) is 44.8 Å². The van der Waals surface area contributed by atoms with Gasteiger partial charge in [0.1, 0.15) is 5.69 Å². The molecule has 0 unspecified atom stereocenters. The van der Waals surface area contributed by atoms with E-state index in [1.807, 2.05) is 37.3 Å². The summed E-state index contributed by atoms with van der Waals surface area (Å²) in [4.78, 5) is 4.56. The lowest BCUT2D eigenvalue weighted by atomic mass is 10.1. The molecule has 5 rings (SSSR count). The second kappa shape index (κ2) is 6.93. The van der Waals surface area contributed by atoms with E-state index in [1.165, 1.54) is 4.68 Å². The van der Waals surface area contributed by atoms with Crippen molar-refractivity contribution in [3.05, 3.63) is 59.2 Å². The molecule has 0 N–H and O–H groups in total. The van der Waals surface area contributed by atoms with Crippen LogP contribution in [0.4, 0.5) is 13.2 Å². The van der Waals surface area contributed by atoms with E-state index >= 15 is 0 Å². The molecule has 0 saturated heterocycles. The number of nitrogens with zero attached hydrogens (tertiary/aromatic N) is 5. The summed E-state index contributed by atoms with van der Waals surface area (Å²) < 4.78 is 46.2.